The Kier molecular flexibility index (Phi) is 6.13. The number of hydrogen-bond acceptors (Lipinski definition) is 5. The van der Waals surface area contributed by atoms with Crippen molar-refractivity contribution in [3.05, 3.63) is 0 Å². The number of aliphatic hydroxyl groups is 2. The van der Waals surface area contributed by atoms with Gasteiger partial charge in [-0.15, -0.1) is 0 Å². The maximum absolute atomic E-state index is 11.6. The molecular weight excluding hydrogens is 259 g/mol. The number of hydrogen-bond donors (Lipinski definition) is 3. The zero-order chi connectivity index (χ0) is 14.4. The summed E-state index contributed by atoms with van der Waals surface area (Å²) in [6.07, 6.45) is -0.341. The fraction of sp³-hybridized carbons (Fsp3) is 0.818. The molecule has 2 aliphatic heterocycles. The van der Waals surface area contributed by atoms with Gasteiger partial charge in [-0.3, -0.25) is 9.29 Å². The first-order valence-corrected chi connectivity index (χ1v) is 6.00. The van der Waals surface area contributed by atoms with Crippen LogP contribution in [0.25, 0.3) is 0 Å². The van der Waals surface area contributed by atoms with Crippen LogP contribution in [0.2, 0.25) is 0 Å². The lowest BCUT2D eigenvalue weighted by Crippen LogP contribution is -2.56. The summed E-state index contributed by atoms with van der Waals surface area (Å²) >= 11 is 0. The second-order valence-electron chi connectivity index (χ2n) is 4.31. The number of amides is 2. The average Bonchev–Trinajstić information content (AvgIpc) is 2.84. The van der Waals surface area contributed by atoms with Gasteiger partial charge in [-0.05, 0) is 6.42 Å². The van der Waals surface area contributed by atoms with Crippen molar-refractivity contribution < 1.29 is 28.9 Å². The zero-order valence-electron chi connectivity index (χ0n) is 10.7. The monoisotopic (exact) mass is 278 g/mol. The molecule has 0 bridgehead atoms. The summed E-state index contributed by atoms with van der Waals surface area (Å²) in [5, 5.41) is 20.6. The minimum atomic E-state index is -0.844. The van der Waals surface area contributed by atoms with E-state index in [1.54, 1.807) is 0 Å². The molecule has 0 spiro atoms. The Labute approximate surface area is 110 Å². The van der Waals surface area contributed by atoms with Crippen LogP contribution in [0, 0.1) is 5.92 Å². The van der Waals surface area contributed by atoms with E-state index >= 15 is 0 Å². The maximum atomic E-state index is 11.6. The van der Waals surface area contributed by atoms with E-state index in [9.17, 15) is 19.1 Å². The third-order valence-corrected chi connectivity index (χ3v) is 3.11. The number of urea groups is 1. The molecule has 2 amide bonds. The van der Waals surface area contributed by atoms with Gasteiger partial charge in [-0.2, -0.15) is 0 Å². The lowest BCUT2D eigenvalue weighted by atomic mass is 10.0. The van der Waals surface area contributed by atoms with E-state index in [1.165, 1.54) is 4.90 Å². The summed E-state index contributed by atoms with van der Waals surface area (Å²) in [5.41, 5.74) is 0. The van der Waals surface area contributed by atoms with Gasteiger partial charge in [-0.1, -0.05) is 0 Å². The topological polar surface area (TPSA) is 99.1 Å². The van der Waals surface area contributed by atoms with E-state index in [4.69, 9.17) is 9.84 Å². The fourth-order valence-corrected chi connectivity index (χ4v) is 2.22. The SMILES string of the molecule is CF.O=CC1CC(CO)O[C@H]1N1CCC(O)NC1=O. The van der Waals surface area contributed by atoms with Gasteiger partial charge in [0.05, 0.1) is 25.8 Å². The number of rotatable bonds is 3. The zero-order valence-corrected chi connectivity index (χ0v) is 10.7. The Bertz CT molecular complexity index is 317. The van der Waals surface area contributed by atoms with E-state index in [0.717, 1.165) is 6.29 Å². The highest BCUT2D eigenvalue weighted by atomic mass is 19.1. The van der Waals surface area contributed by atoms with E-state index in [1.807, 2.05) is 0 Å². The third kappa shape index (κ3) is 3.62. The Morgan fingerprint density at radius 3 is 2.79 bits per heavy atom. The molecule has 3 N–H and O–H groups in total. The van der Waals surface area contributed by atoms with Crippen LogP contribution in [0.3, 0.4) is 0 Å². The lowest BCUT2D eigenvalue weighted by molar-refractivity contribution is -0.118. The number of ether oxygens (including phenoxy) is 1. The highest BCUT2D eigenvalue weighted by Crippen LogP contribution is 2.28. The van der Waals surface area contributed by atoms with E-state index < -0.39 is 30.5 Å². The largest absolute Gasteiger partial charge is 0.394 e. The molecule has 3 unspecified atom stereocenters. The molecule has 0 aromatic heterocycles. The quantitative estimate of drug-likeness (QED) is 0.589. The highest BCUT2D eigenvalue weighted by Gasteiger charge is 2.42. The highest BCUT2D eigenvalue weighted by molar-refractivity contribution is 5.76. The van der Waals surface area contributed by atoms with Gasteiger partial charge < -0.3 is 25.1 Å². The fourth-order valence-electron chi connectivity index (χ4n) is 2.22. The maximum Gasteiger partial charge on any atom is 0.321 e. The van der Waals surface area contributed by atoms with Crippen molar-refractivity contribution in [2.45, 2.75) is 31.4 Å². The van der Waals surface area contributed by atoms with Crippen LogP contribution in [0.1, 0.15) is 12.8 Å². The summed E-state index contributed by atoms with van der Waals surface area (Å²) in [4.78, 5) is 24.0. The van der Waals surface area contributed by atoms with E-state index in [2.05, 4.69) is 5.32 Å². The van der Waals surface area contributed by atoms with Gasteiger partial charge in [0, 0.05) is 13.0 Å². The van der Waals surface area contributed by atoms with E-state index in [-0.39, 0.29) is 6.61 Å². The van der Waals surface area contributed by atoms with Crippen LogP contribution < -0.4 is 5.32 Å². The molecule has 19 heavy (non-hydrogen) atoms. The van der Waals surface area contributed by atoms with Gasteiger partial charge in [0.25, 0.3) is 0 Å². The molecule has 2 aliphatic rings. The normalized spacial score (nSPS) is 34.3. The van der Waals surface area contributed by atoms with Crippen molar-refractivity contribution in [3.63, 3.8) is 0 Å². The first kappa shape index (κ1) is 15.8. The van der Waals surface area contributed by atoms with Gasteiger partial charge in [0.2, 0.25) is 0 Å². The van der Waals surface area contributed by atoms with Crippen molar-refractivity contribution in [2.75, 3.05) is 20.3 Å². The number of nitrogens with zero attached hydrogens (tertiary/aromatic N) is 1. The molecule has 0 radical (unpaired) electrons. The molecule has 2 saturated heterocycles. The van der Waals surface area contributed by atoms with Crippen LogP contribution >= 0.6 is 0 Å². The van der Waals surface area contributed by atoms with Gasteiger partial charge in [0.15, 0.2) is 0 Å². The molecule has 2 heterocycles. The number of carbonyl (C=O) groups excluding carboxylic acids is 2. The summed E-state index contributed by atoms with van der Waals surface area (Å²) < 4.78 is 15.0. The van der Waals surface area contributed by atoms with Crippen LogP contribution in [0.4, 0.5) is 9.18 Å². The average molecular weight is 278 g/mol. The van der Waals surface area contributed by atoms with Gasteiger partial charge >= 0.3 is 6.03 Å². The minimum absolute atomic E-state index is 0.168. The Balaban J connectivity index is 0.000000861. The Hall–Kier alpha value is -1.25. The predicted octanol–water partition coefficient (Wildman–Crippen LogP) is -0.772. The van der Waals surface area contributed by atoms with Crippen molar-refractivity contribution in [1.82, 2.24) is 10.2 Å². The third-order valence-electron chi connectivity index (χ3n) is 3.11. The molecule has 0 saturated carbocycles. The smallest absolute Gasteiger partial charge is 0.321 e. The van der Waals surface area contributed by atoms with Crippen molar-refractivity contribution in [2.24, 2.45) is 5.92 Å². The number of aldehydes is 1. The number of halogens is 1. The van der Waals surface area contributed by atoms with Crippen LogP contribution in [0.5, 0.6) is 0 Å². The summed E-state index contributed by atoms with van der Waals surface area (Å²) in [6, 6.07) is -0.445. The molecule has 2 fully saturated rings. The van der Waals surface area contributed by atoms with Crippen molar-refractivity contribution in [3.8, 4) is 0 Å². The Morgan fingerprint density at radius 2 is 2.26 bits per heavy atom. The number of aliphatic hydroxyl groups excluding tert-OH is 2. The van der Waals surface area contributed by atoms with E-state index in [0.29, 0.717) is 26.6 Å². The molecule has 8 heteroatoms. The molecule has 7 nitrogen and oxygen atoms in total. The Morgan fingerprint density at radius 1 is 1.58 bits per heavy atom. The summed E-state index contributed by atoms with van der Waals surface area (Å²) in [5.74, 6) is -0.423. The van der Waals surface area contributed by atoms with Crippen molar-refractivity contribution in [1.29, 1.82) is 0 Å². The van der Waals surface area contributed by atoms with Crippen LogP contribution in [0.15, 0.2) is 0 Å². The first-order valence-electron chi connectivity index (χ1n) is 6.00. The molecule has 0 aliphatic carbocycles. The predicted molar refractivity (Wildman–Crippen MR) is 62.8 cm³/mol. The van der Waals surface area contributed by atoms with Gasteiger partial charge in [0.1, 0.15) is 18.7 Å². The lowest BCUT2D eigenvalue weighted by Gasteiger charge is -2.35. The minimum Gasteiger partial charge on any atom is -0.394 e. The summed E-state index contributed by atoms with van der Waals surface area (Å²) in [6.45, 7) is 0.166. The first-order chi connectivity index (χ1) is 9.15. The van der Waals surface area contributed by atoms with Gasteiger partial charge in [-0.25, -0.2) is 4.79 Å². The van der Waals surface area contributed by atoms with Crippen LogP contribution in [-0.4, -0.2) is 66.3 Å². The molecular formula is C11H19FN2O5. The molecule has 4 atom stereocenters. The van der Waals surface area contributed by atoms with Crippen LogP contribution in [-0.2, 0) is 9.53 Å². The standard InChI is InChI=1S/C10H16N2O5.CH3F/c13-4-6-3-7(5-14)17-9(6)12-2-1-8(15)11-10(12)16;1-2/h4,6-9,14-15H,1-3,5H2,(H,11,16);1H3/t6?,7?,8?,9-;/m1./s1. The molecule has 2 rings (SSSR count). The number of carbonyl (C=O) groups is 2. The second-order valence-corrected chi connectivity index (χ2v) is 4.31. The molecule has 0 aromatic rings. The second kappa shape index (κ2) is 7.37. The number of nitrogens with one attached hydrogen (secondary N) is 1. The molecule has 110 valence electrons. The summed E-state index contributed by atoms with van der Waals surface area (Å²) in [7, 11) is 0.500. The molecule has 0 aromatic carbocycles. The number of alkyl halides is 1. The van der Waals surface area contributed by atoms with Crippen molar-refractivity contribution >= 4 is 12.3 Å².